The highest BCUT2D eigenvalue weighted by atomic mass is 19.1. The summed E-state index contributed by atoms with van der Waals surface area (Å²) in [6, 6.07) is 4.99. The number of aryl methyl sites for hydroxylation is 1. The molecule has 0 saturated carbocycles. The number of rotatable bonds is 4. The third-order valence-electron chi connectivity index (χ3n) is 4.37. The van der Waals surface area contributed by atoms with Crippen LogP contribution in [-0.4, -0.2) is 29.8 Å². The lowest BCUT2D eigenvalue weighted by atomic mass is 9.95. The van der Waals surface area contributed by atoms with Gasteiger partial charge in [0, 0.05) is 31.5 Å². The Labute approximate surface area is 137 Å². The minimum Gasteiger partial charge on any atom is -0.352 e. The van der Waals surface area contributed by atoms with Gasteiger partial charge in [-0.1, -0.05) is 26.0 Å². The molecule has 0 radical (unpaired) electrons. The first-order valence-corrected chi connectivity index (χ1v) is 8.20. The maximum atomic E-state index is 13.5. The average Bonchev–Trinajstić information content (AvgIpc) is 2.55. The SMILES string of the molecule is Cc1ccc(CNC(=O)C2CCN(C(=O)C(C)C)CC2)cc1F. The molecule has 0 atom stereocenters. The molecule has 0 aromatic heterocycles. The number of amides is 2. The topological polar surface area (TPSA) is 49.4 Å². The minimum absolute atomic E-state index is 0.00295. The molecule has 0 spiro atoms. The van der Waals surface area contributed by atoms with Gasteiger partial charge in [-0.15, -0.1) is 0 Å². The molecule has 1 saturated heterocycles. The number of likely N-dealkylation sites (tertiary alicyclic amines) is 1. The zero-order valence-electron chi connectivity index (χ0n) is 14.1. The van der Waals surface area contributed by atoms with Crippen molar-refractivity contribution in [1.29, 1.82) is 0 Å². The number of piperidine rings is 1. The summed E-state index contributed by atoms with van der Waals surface area (Å²) in [5.74, 6) is -0.183. The fourth-order valence-electron chi connectivity index (χ4n) is 2.81. The van der Waals surface area contributed by atoms with Gasteiger partial charge >= 0.3 is 0 Å². The van der Waals surface area contributed by atoms with Crippen LogP contribution < -0.4 is 5.32 Å². The molecule has 1 aromatic rings. The van der Waals surface area contributed by atoms with Crippen molar-refractivity contribution >= 4 is 11.8 Å². The standard InChI is InChI=1S/C18H25FN2O2/c1-12(2)18(23)21-8-6-15(7-9-21)17(22)20-11-14-5-4-13(3)16(19)10-14/h4-5,10,12,15H,6-9,11H2,1-3H3,(H,20,22). The van der Waals surface area contributed by atoms with E-state index in [1.807, 2.05) is 24.8 Å². The van der Waals surface area contributed by atoms with Crippen LogP contribution in [0.4, 0.5) is 4.39 Å². The van der Waals surface area contributed by atoms with Gasteiger partial charge in [-0.25, -0.2) is 4.39 Å². The molecule has 5 heteroatoms. The molecule has 1 heterocycles. The quantitative estimate of drug-likeness (QED) is 0.927. The number of halogens is 1. The van der Waals surface area contributed by atoms with Crippen LogP contribution >= 0.6 is 0 Å². The predicted octanol–water partition coefficient (Wildman–Crippen LogP) is 2.64. The second-order valence-corrected chi connectivity index (χ2v) is 6.56. The lowest BCUT2D eigenvalue weighted by Crippen LogP contribution is -2.44. The predicted molar refractivity (Wildman–Crippen MR) is 87.1 cm³/mol. The van der Waals surface area contributed by atoms with Gasteiger partial charge in [-0.05, 0) is 37.0 Å². The molecule has 0 aliphatic carbocycles. The number of hydrogen-bond acceptors (Lipinski definition) is 2. The van der Waals surface area contributed by atoms with E-state index in [4.69, 9.17) is 0 Å². The van der Waals surface area contributed by atoms with Crippen LogP contribution in [0.5, 0.6) is 0 Å². The molecule has 1 aliphatic heterocycles. The molecular formula is C18H25FN2O2. The Bertz CT molecular complexity index is 578. The highest BCUT2D eigenvalue weighted by Gasteiger charge is 2.27. The van der Waals surface area contributed by atoms with Crippen LogP contribution in [0.25, 0.3) is 0 Å². The highest BCUT2D eigenvalue weighted by molar-refractivity contribution is 5.80. The van der Waals surface area contributed by atoms with Crippen LogP contribution in [0.15, 0.2) is 18.2 Å². The normalized spacial score (nSPS) is 15.8. The van der Waals surface area contributed by atoms with Crippen LogP contribution in [-0.2, 0) is 16.1 Å². The Balaban J connectivity index is 1.81. The van der Waals surface area contributed by atoms with Gasteiger partial charge in [0.05, 0.1) is 0 Å². The Morgan fingerprint density at radius 1 is 1.30 bits per heavy atom. The fraction of sp³-hybridized carbons (Fsp3) is 0.556. The highest BCUT2D eigenvalue weighted by Crippen LogP contribution is 2.19. The second-order valence-electron chi connectivity index (χ2n) is 6.56. The number of carbonyl (C=O) groups excluding carboxylic acids is 2. The number of carbonyl (C=O) groups is 2. The van der Waals surface area contributed by atoms with Crippen molar-refractivity contribution < 1.29 is 14.0 Å². The van der Waals surface area contributed by atoms with Gasteiger partial charge in [0.15, 0.2) is 0 Å². The van der Waals surface area contributed by atoms with Crippen LogP contribution in [0.1, 0.15) is 37.8 Å². The molecule has 0 bridgehead atoms. The van der Waals surface area contributed by atoms with E-state index in [-0.39, 0.29) is 29.5 Å². The number of nitrogens with one attached hydrogen (secondary N) is 1. The molecule has 1 N–H and O–H groups in total. The Morgan fingerprint density at radius 2 is 1.96 bits per heavy atom. The van der Waals surface area contributed by atoms with Crippen molar-refractivity contribution in [3.05, 3.63) is 35.1 Å². The third kappa shape index (κ3) is 4.53. The van der Waals surface area contributed by atoms with Crippen LogP contribution in [0.2, 0.25) is 0 Å². The van der Waals surface area contributed by atoms with E-state index in [1.54, 1.807) is 13.0 Å². The van der Waals surface area contributed by atoms with Crippen LogP contribution in [0, 0.1) is 24.6 Å². The molecule has 4 nitrogen and oxygen atoms in total. The van der Waals surface area contributed by atoms with E-state index in [2.05, 4.69) is 5.32 Å². The van der Waals surface area contributed by atoms with Crippen molar-refractivity contribution in [3.8, 4) is 0 Å². The summed E-state index contributed by atoms with van der Waals surface area (Å²) in [7, 11) is 0. The van der Waals surface area contributed by atoms with Gasteiger partial charge in [-0.3, -0.25) is 9.59 Å². The maximum absolute atomic E-state index is 13.5. The lowest BCUT2D eigenvalue weighted by molar-refractivity contribution is -0.138. The van der Waals surface area contributed by atoms with E-state index >= 15 is 0 Å². The summed E-state index contributed by atoms with van der Waals surface area (Å²) < 4.78 is 13.5. The number of hydrogen-bond donors (Lipinski definition) is 1. The summed E-state index contributed by atoms with van der Waals surface area (Å²) in [6.45, 7) is 7.09. The van der Waals surface area contributed by atoms with E-state index in [9.17, 15) is 14.0 Å². The van der Waals surface area contributed by atoms with Gasteiger partial charge in [0.25, 0.3) is 0 Å². The van der Waals surface area contributed by atoms with E-state index in [0.717, 1.165) is 5.56 Å². The maximum Gasteiger partial charge on any atom is 0.225 e. The zero-order valence-corrected chi connectivity index (χ0v) is 14.1. The van der Waals surface area contributed by atoms with Crippen molar-refractivity contribution in [3.63, 3.8) is 0 Å². The molecule has 1 aromatic carbocycles. The first kappa shape index (κ1) is 17.4. The molecule has 0 unspecified atom stereocenters. The Kier molecular flexibility index (Phi) is 5.74. The molecule has 2 amide bonds. The summed E-state index contributed by atoms with van der Waals surface area (Å²) in [6.07, 6.45) is 1.37. The van der Waals surface area contributed by atoms with Gasteiger partial charge in [-0.2, -0.15) is 0 Å². The van der Waals surface area contributed by atoms with Crippen LogP contribution in [0.3, 0.4) is 0 Å². The van der Waals surface area contributed by atoms with Gasteiger partial charge in [0.1, 0.15) is 5.82 Å². The Hall–Kier alpha value is -1.91. The number of nitrogens with zero attached hydrogens (tertiary/aromatic N) is 1. The first-order chi connectivity index (χ1) is 10.9. The summed E-state index contributed by atoms with van der Waals surface area (Å²) in [5, 5.41) is 2.87. The molecular weight excluding hydrogens is 295 g/mol. The third-order valence-corrected chi connectivity index (χ3v) is 4.37. The summed E-state index contributed by atoms with van der Waals surface area (Å²) in [4.78, 5) is 26.0. The van der Waals surface area contributed by atoms with Crippen molar-refractivity contribution in [2.24, 2.45) is 11.8 Å². The fourth-order valence-corrected chi connectivity index (χ4v) is 2.81. The van der Waals surface area contributed by atoms with Crippen molar-refractivity contribution in [2.75, 3.05) is 13.1 Å². The number of benzene rings is 1. The van der Waals surface area contributed by atoms with E-state index in [0.29, 0.717) is 38.0 Å². The van der Waals surface area contributed by atoms with Gasteiger partial charge in [0.2, 0.25) is 11.8 Å². The monoisotopic (exact) mass is 320 g/mol. The van der Waals surface area contributed by atoms with Crippen molar-refractivity contribution in [1.82, 2.24) is 10.2 Å². The molecule has 126 valence electrons. The molecule has 2 rings (SSSR count). The molecule has 1 aliphatic rings. The molecule has 1 fully saturated rings. The van der Waals surface area contributed by atoms with Crippen molar-refractivity contribution in [2.45, 2.75) is 40.2 Å². The zero-order chi connectivity index (χ0) is 17.0. The van der Waals surface area contributed by atoms with Gasteiger partial charge < -0.3 is 10.2 Å². The van der Waals surface area contributed by atoms with E-state index < -0.39 is 0 Å². The molecule has 23 heavy (non-hydrogen) atoms. The smallest absolute Gasteiger partial charge is 0.225 e. The largest absolute Gasteiger partial charge is 0.352 e. The van der Waals surface area contributed by atoms with E-state index in [1.165, 1.54) is 6.07 Å². The summed E-state index contributed by atoms with van der Waals surface area (Å²) >= 11 is 0. The second kappa shape index (κ2) is 7.57. The first-order valence-electron chi connectivity index (χ1n) is 8.20. The Morgan fingerprint density at radius 3 is 2.52 bits per heavy atom. The minimum atomic E-state index is -0.253. The lowest BCUT2D eigenvalue weighted by Gasteiger charge is -2.32. The average molecular weight is 320 g/mol. The summed E-state index contributed by atoms with van der Waals surface area (Å²) in [5.41, 5.74) is 1.36.